The second kappa shape index (κ2) is 6.44. The van der Waals surface area contributed by atoms with E-state index in [9.17, 15) is 0 Å². The molecule has 1 rings (SSSR count). The summed E-state index contributed by atoms with van der Waals surface area (Å²) >= 11 is 0. The molecule has 0 aliphatic carbocycles. The van der Waals surface area contributed by atoms with Crippen LogP contribution in [0.1, 0.15) is 5.56 Å². The fourth-order valence-electron chi connectivity index (χ4n) is 1.07. The minimum absolute atomic E-state index is 0.399. The Morgan fingerprint density at radius 1 is 1.75 bits per heavy atom. The molecule has 0 aromatic carbocycles. The molecule has 1 aromatic rings. The first-order chi connectivity index (χ1) is 7.76. The Labute approximate surface area is 95.0 Å². The highest BCUT2D eigenvalue weighted by atomic mass is 16.5. The molecule has 0 aliphatic rings. The van der Waals surface area contributed by atoms with Crippen LogP contribution in [0.3, 0.4) is 0 Å². The van der Waals surface area contributed by atoms with E-state index in [4.69, 9.17) is 10.5 Å². The zero-order valence-corrected chi connectivity index (χ0v) is 9.31. The predicted molar refractivity (Wildman–Crippen MR) is 64.3 cm³/mol. The van der Waals surface area contributed by atoms with Crippen molar-refractivity contribution in [1.82, 2.24) is 10.3 Å². The summed E-state index contributed by atoms with van der Waals surface area (Å²) in [5.41, 5.74) is 6.62. The molecule has 0 amide bonds. The third kappa shape index (κ3) is 4.00. The lowest BCUT2D eigenvalue weighted by Crippen LogP contribution is -2.31. The number of pyridine rings is 1. The largest absolute Gasteiger partial charge is 0.481 e. The summed E-state index contributed by atoms with van der Waals surface area (Å²) in [6, 6.07) is 3.69. The summed E-state index contributed by atoms with van der Waals surface area (Å²) in [4.78, 5) is 8.16. The van der Waals surface area contributed by atoms with E-state index in [0.717, 1.165) is 5.56 Å². The van der Waals surface area contributed by atoms with E-state index in [0.29, 0.717) is 24.9 Å². The number of nitrogens with zero attached hydrogens (tertiary/aromatic N) is 2. The van der Waals surface area contributed by atoms with Crippen molar-refractivity contribution in [3.05, 3.63) is 36.5 Å². The number of methoxy groups -OCH3 is 1. The number of hydrogen-bond acceptors (Lipinski definition) is 3. The molecule has 0 aliphatic heterocycles. The molecule has 0 saturated carbocycles. The highest BCUT2D eigenvalue weighted by Crippen LogP contribution is 2.09. The lowest BCUT2D eigenvalue weighted by atomic mass is 10.3. The van der Waals surface area contributed by atoms with Crippen molar-refractivity contribution >= 4 is 5.96 Å². The highest BCUT2D eigenvalue weighted by molar-refractivity contribution is 5.77. The average Bonchev–Trinajstić information content (AvgIpc) is 2.34. The monoisotopic (exact) mass is 220 g/mol. The van der Waals surface area contributed by atoms with Crippen LogP contribution in [0.2, 0.25) is 0 Å². The zero-order valence-electron chi connectivity index (χ0n) is 9.31. The SMILES string of the molecule is C=CCNC(N)=NCc1ccnc(OC)c1. The topological polar surface area (TPSA) is 72.5 Å². The van der Waals surface area contributed by atoms with Crippen molar-refractivity contribution in [2.45, 2.75) is 6.54 Å². The number of guanidine groups is 1. The molecule has 0 unspecified atom stereocenters. The minimum atomic E-state index is 0.399. The van der Waals surface area contributed by atoms with Crippen molar-refractivity contribution in [2.75, 3.05) is 13.7 Å². The summed E-state index contributed by atoms with van der Waals surface area (Å²) in [7, 11) is 1.58. The van der Waals surface area contributed by atoms with Gasteiger partial charge in [0.2, 0.25) is 5.88 Å². The van der Waals surface area contributed by atoms with Gasteiger partial charge in [0, 0.05) is 18.8 Å². The number of hydrogen-bond donors (Lipinski definition) is 2. The minimum Gasteiger partial charge on any atom is -0.481 e. The maximum atomic E-state index is 5.62. The third-order valence-electron chi connectivity index (χ3n) is 1.87. The molecule has 5 nitrogen and oxygen atoms in total. The van der Waals surface area contributed by atoms with Crippen LogP contribution in [0.25, 0.3) is 0 Å². The summed E-state index contributed by atoms with van der Waals surface area (Å²) in [5, 5.41) is 2.89. The molecule has 1 aromatic heterocycles. The van der Waals surface area contributed by atoms with Gasteiger partial charge in [0.15, 0.2) is 5.96 Å². The highest BCUT2D eigenvalue weighted by Gasteiger charge is 1.96. The molecule has 1 heterocycles. The van der Waals surface area contributed by atoms with E-state index in [1.165, 1.54) is 0 Å². The summed E-state index contributed by atoms with van der Waals surface area (Å²) in [6.45, 7) is 4.68. The maximum absolute atomic E-state index is 5.62. The van der Waals surface area contributed by atoms with Gasteiger partial charge in [0.1, 0.15) is 0 Å². The smallest absolute Gasteiger partial charge is 0.213 e. The van der Waals surface area contributed by atoms with Gasteiger partial charge in [-0.25, -0.2) is 9.98 Å². The normalized spacial score (nSPS) is 10.9. The molecule has 0 radical (unpaired) electrons. The van der Waals surface area contributed by atoms with Crippen LogP contribution >= 0.6 is 0 Å². The van der Waals surface area contributed by atoms with Crippen LogP contribution in [0, 0.1) is 0 Å². The Hall–Kier alpha value is -2.04. The van der Waals surface area contributed by atoms with Crippen LogP contribution in [-0.2, 0) is 6.54 Å². The van der Waals surface area contributed by atoms with Crippen LogP contribution in [0.15, 0.2) is 36.0 Å². The molecule has 86 valence electrons. The molecule has 3 N–H and O–H groups in total. The van der Waals surface area contributed by atoms with Gasteiger partial charge < -0.3 is 15.8 Å². The molecular weight excluding hydrogens is 204 g/mol. The number of rotatable bonds is 5. The van der Waals surface area contributed by atoms with Crippen molar-refractivity contribution in [3.63, 3.8) is 0 Å². The zero-order chi connectivity index (χ0) is 11.8. The maximum Gasteiger partial charge on any atom is 0.213 e. The number of nitrogens with one attached hydrogen (secondary N) is 1. The standard InChI is InChI=1S/C11H16N4O/c1-3-5-14-11(12)15-8-9-4-6-13-10(7-9)16-2/h3-4,6-7H,1,5,8H2,2H3,(H3,12,14,15). The van der Waals surface area contributed by atoms with E-state index < -0.39 is 0 Å². The third-order valence-corrected chi connectivity index (χ3v) is 1.87. The van der Waals surface area contributed by atoms with Crippen LogP contribution in [-0.4, -0.2) is 24.6 Å². The molecule has 5 heteroatoms. The van der Waals surface area contributed by atoms with E-state index in [2.05, 4.69) is 21.9 Å². The molecule has 0 saturated heterocycles. The van der Waals surface area contributed by atoms with Crippen molar-refractivity contribution in [1.29, 1.82) is 0 Å². The molecule has 16 heavy (non-hydrogen) atoms. The number of ether oxygens (including phenoxy) is 1. The Morgan fingerprint density at radius 2 is 2.56 bits per heavy atom. The summed E-state index contributed by atoms with van der Waals surface area (Å²) in [6.07, 6.45) is 3.40. The number of aromatic nitrogens is 1. The van der Waals surface area contributed by atoms with Crippen LogP contribution in [0.4, 0.5) is 0 Å². The second-order valence-electron chi connectivity index (χ2n) is 3.08. The first-order valence-corrected chi connectivity index (χ1v) is 4.90. The fourth-order valence-corrected chi connectivity index (χ4v) is 1.07. The predicted octanol–water partition coefficient (Wildman–Crippen LogP) is 0.680. The van der Waals surface area contributed by atoms with E-state index in [-0.39, 0.29) is 0 Å². The molecule has 0 atom stereocenters. The van der Waals surface area contributed by atoms with Gasteiger partial charge in [-0.05, 0) is 11.6 Å². The lowest BCUT2D eigenvalue weighted by molar-refractivity contribution is 0.397. The van der Waals surface area contributed by atoms with Gasteiger partial charge in [0.25, 0.3) is 0 Å². The van der Waals surface area contributed by atoms with Crippen molar-refractivity contribution in [2.24, 2.45) is 10.7 Å². The molecule has 0 bridgehead atoms. The Kier molecular flexibility index (Phi) is 4.85. The Balaban J connectivity index is 2.55. The number of aliphatic imine (C=N–C) groups is 1. The van der Waals surface area contributed by atoms with Crippen molar-refractivity contribution in [3.8, 4) is 5.88 Å². The van der Waals surface area contributed by atoms with Gasteiger partial charge in [0.05, 0.1) is 13.7 Å². The fraction of sp³-hybridized carbons (Fsp3) is 0.273. The summed E-state index contributed by atoms with van der Waals surface area (Å²) < 4.78 is 5.01. The molecule has 0 fully saturated rings. The van der Waals surface area contributed by atoms with Gasteiger partial charge in [-0.2, -0.15) is 0 Å². The molecular formula is C11H16N4O. The van der Waals surface area contributed by atoms with Crippen molar-refractivity contribution < 1.29 is 4.74 Å². The van der Waals surface area contributed by atoms with Gasteiger partial charge >= 0.3 is 0 Å². The van der Waals surface area contributed by atoms with E-state index >= 15 is 0 Å². The average molecular weight is 220 g/mol. The lowest BCUT2D eigenvalue weighted by Gasteiger charge is -2.03. The Morgan fingerprint density at radius 3 is 3.25 bits per heavy atom. The quantitative estimate of drug-likeness (QED) is 0.435. The first kappa shape index (κ1) is 12.0. The summed E-state index contributed by atoms with van der Waals surface area (Å²) in [5.74, 6) is 0.973. The van der Waals surface area contributed by atoms with Gasteiger partial charge in [-0.1, -0.05) is 6.08 Å². The Bertz CT molecular complexity index is 376. The van der Waals surface area contributed by atoms with Gasteiger partial charge in [-0.3, -0.25) is 0 Å². The van der Waals surface area contributed by atoms with Crippen LogP contribution in [0.5, 0.6) is 5.88 Å². The molecule has 0 spiro atoms. The second-order valence-corrected chi connectivity index (χ2v) is 3.08. The van der Waals surface area contributed by atoms with Crippen LogP contribution < -0.4 is 15.8 Å². The van der Waals surface area contributed by atoms with E-state index in [1.807, 2.05) is 12.1 Å². The van der Waals surface area contributed by atoms with Gasteiger partial charge in [-0.15, -0.1) is 6.58 Å². The number of nitrogens with two attached hydrogens (primary N) is 1. The first-order valence-electron chi connectivity index (χ1n) is 4.90. The van der Waals surface area contributed by atoms with E-state index in [1.54, 1.807) is 19.4 Å².